The molecular formula is C12H17N9O7P-. The van der Waals surface area contributed by atoms with Crippen molar-refractivity contribution in [3.8, 4) is 0 Å². The van der Waals surface area contributed by atoms with Gasteiger partial charge in [0.25, 0.3) is 5.56 Å². The Hall–Kier alpha value is -2.55. The van der Waals surface area contributed by atoms with Gasteiger partial charge in [0.15, 0.2) is 17.4 Å². The van der Waals surface area contributed by atoms with Crippen LogP contribution in [0.3, 0.4) is 0 Å². The molecule has 3 heterocycles. The molecule has 2 unspecified atom stereocenters. The molecule has 29 heavy (non-hydrogen) atoms. The maximum Gasteiger partial charge on any atom is 0.280 e. The summed E-state index contributed by atoms with van der Waals surface area (Å²) in [5, 5.41) is 25.7. The van der Waals surface area contributed by atoms with Crippen LogP contribution in [0.15, 0.2) is 16.2 Å². The lowest BCUT2D eigenvalue weighted by Gasteiger charge is -2.26. The lowest BCUT2D eigenvalue weighted by atomic mass is 10.1. The van der Waals surface area contributed by atoms with Crippen molar-refractivity contribution < 1.29 is 28.9 Å². The molecule has 2 aromatic heterocycles. The highest BCUT2D eigenvalue weighted by molar-refractivity contribution is 7.49. The van der Waals surface area contributed by atoms with Gasteiger partial charge in [0.1, 0.15) is 18.3 Å². The van der Waals surface area contributed by atoms with E-state index >= 15 is 0 Å². The molecule has 17 heteroatoms. The molecule has 0 spiro atoms. The Balaban J connectivity index is 1.70. The third kappa shape index (κ3) is 4.55. The van der Waals surface area contributed by atoms with Crippen molar-refractivity contribution in [1.29, 1.82) is 0 Å². The molecule has 0 aromatic carbocycles. The Labute approximate surface area is 161 Å². The summed E-state index contributed by atoms with van der Waals surface area (Å²) in [7, 11) is -4.51. The molecule has 3 rings (SSSR count). The van der Waals surface area contributed by atoms with Crippen LogP contribution < -0.4 is 21.3 Å². The lowest BCUT2D eigenvalue weighted by molar-refractivity contribution is -0.205. The highest BCUT2D eigenvalue weighted by Crippen LogP contribution is 2.36. The van der Waals surface area contributed by atoms with Gasteiger partial charge in [-0.25, -0.2) is 4.98 Å². The van der Waals surface area contributed by atoms with Crippen molar-refractivity contribution in [1.82, 2.24) is 24.6 Å². The van der Waals surface area contributed by atoms with Crippen molar-refractivity contribution in [2.24, 2.45) is 5.11 Å². The van der Waals surface area contributed by atoms with Gasteiger partial charge in [0.2, 0.25) is 13.7 Å². The molecule has 0 saturated carbocycles. The minimum atomic E-state index is -4.51. The van der Waals surface area contributed by atoms with Crippen molar-refractivity contribution in [3.63, 3.8) is 0 Å². The summed E-state index contributed by atoms with van der Waals surface area (Å²) in [4.78, 5) is 36.2. The smallest absolute Gasteiger partial charge is 0.280 e. The topological polar surface area (TPSA) is 249 Å². The van der Waals surface area contributed by atoms with E-state index in [1.54, 1.807) is 0 Å². The van der Waals surface area contributed by atoms with E-state index in [0.717, 1.165) is 0 Å². The van der Waals surface area contributed by atoms with Crippen molar-refractivity contribution in [2.45, 2.75) is 24.5 Å². The second-order valence-corrected chi connectivity index (χ2v) is 7.55. The van der Waals surface area contributed by atoms with Crippen molar-refractivity contribution >= 4 is 24.9 Å². The van der Waals surface area contributed by atoms with Crippen LogP contribution in [0.4, 0.5) is 5.95 Å². The Morgan fingerprint density at radius 1 is 1.55 bits per heavy atom. The van der Waals surface area contributed by atoms with E-state index in [1.165, 1.54) is 10.9 Å². The second kappa shape index (κ2) is 8.44. The fraction of sp³-hybridized carbons (Fsp3) is 0.583. The molecule has 0 radical (unpaired) electrons. The minimum Gasteiger partial charge on any atom is -0.766 e. The molecule has 0 amide bonds. The number of aromatic nitrogens is 4. The van der Waals surface area contributed by atoms with E-state index in [1.807, 2.05) is 0 Å². The summed E-state index contributed by atoms with van der Waals surface area (Å²) in [6.45, 7) is -0.891. The number of anilines is 1. The first-order chi connectivity index (χ1) is 13.7. The van der Waals surface area contributed by atoms with E-state index in [4.69, 9.17) is 20.5 Å². The van der Waals surface area contributed by atoms with Gasteiger partial charge in [-0.3, -0.25) is 24.0 Å². The minimum absolute atomic E-state index is 0.0123. The fourth-order valence-corrected chi connectivity index (χ4v) is 3.53. The number of rotatable bonds is 8. The van der Waals surface area contributed by atoms with Crippen LogP contribution in [-0.4, -0.2) is 67.7 Å². The summed E-state index contributed by atoms with van der Waals surface area (Å²) in [6, 6.07) is 0. The Bertz CT molecular complexity index is 1030. The second-order valence-electron chi connectivity index (χ2n) is 5.98. The molecule has 1 saturated heterocycles. The van der Waals surface area contributed by atoms with Gasteiger partial charge in [-0.1, -0.05) is 5.11 Å². The van der Waals surface area contributed by atoms with Gasteiger partial charge >= 0.3 is 0 Å². The van der Waals surface area contributed by atoms with Crippen LogP contribution in [0.5, 0.6) is 0 Å². The first-order valence-electron chi connectivity index (χ1n) is 8.19. The molecular weight excluding hydrogens is 413 g/mol. The number of fused-ring (bicyclic) bond motifs is 1. The third-order valence-corrected chi connectivity index (χ3v) is 5.15. The van der Waals surface area contributed by atoms with Crippen molar-refractivity contribution in [2.75, 3.05) is 25.4 Å². The van der Waals surface area contributed by atoms with Gasteiger partial charge in [-0.15, -0.1) is 0 Å². The van der Waals surface area contributed by atoms with E-state index in [9.17, 15) is 24.5 Å². The molecule has 16 nitrogen and oxygen atoms in total. The number of nitrogen functional groups attached to an aromatic ring is 1. The monoisotopic (exact) mass is 430 g/mol. The summed E-state index contributed by atoms with van der Waals surface area (Å²) < 4.78 is 23.2. The van der Waals surface area contributed by atoms with Gasteiger partial charge < -0.3 is 30.1 Å². The molecule has 5 atom stereocenters. The average Bonchev–Trinajstić information content (AvgIpc) is 3.19. The van der Waals surface area contributed by atoms with Crippen LogP contribution in [0.1, 0.15) is 6.23 Å². The van der Waals surface area contributed by atoms with E-state index in [0.29, 0.717) is 0 Å². The van der Waals surface area contributed by atoms with Crippen LogP contribution in [-0.2, 0) is 13.8 Å². The number of hydrogen-bond acceptors (Lipinski definition) is 11. The number of ether oxygens (including phenoxy) is 1. The number of azide groups is 1. The molecule has 1 aliphatic rings. The first kappa shape index (κ1) is 21.2. The summed E-state index contributed by atoms with van der Waals surface area (Å²) in [5.41, 5.74) is 13.0. The number of nitrogens with two attached hydrogens (primary N) is 1. The quantitative estimate of drug-likeness (QED) is 0.0979. The third-order valence-electron chi connectivity index (χ3n) is 4.05. The average molecular weight is 430 g/mol. The number of H-pyrrole nitrogens is 1. The highest BCUT2D eigenvalue weighted by atomic mass is 31.2. The first-order valence-corrected chi connectivity index (χ1v) is 9.73. The number of aliphatic hydroxyl groups excluding tert-OH is 2. The number of imidazole rings is 1. The summed E-state index contributed by atoms with van der Waals surface area (Å²) >= 11 is 0. The van der Waals surface area contributed by atoms with Crippen LogP contribution >= 0.6 is 7.75 Å². The SMILES string of the molecule is [N-]=[N+]=NCCNP(=O)([O-])OC[C@H]1O[C@@H](n2cnc3c(=O)[nH]c(N)nc32)[C@@H](O)C1O. The molecule has 0 bridgehead atoms. The van der Waals surface area contributed by atoms with E-state index < -0.39 is 44.5 Å². The standard InChI is InChI=1S/C12H18N9O7P/c13-12-18-9-6(10(24)19-12)15-4-21(9)11-8(23)7(22)5(28-11)3-27-29(25,26)17-2-1-16-20-14/h4-5,7-8,11,22-23H,1-3H2,(H2,17,25,26)(H3,13,18,19,24)/p-1/t5-,7?,8+,11-/m1/s1. The van der Waals surface area contributed by atoms with Crippen molar-refractivity contribution in [3.05, 3.63) is 27.1 Å². The number of aromatic amines is 1. The predicted octanol–water partition coefficient (Wildman–Crippen LogP) is -2.29. The Morgan fingerprint density at radius 2 is 2.31 bits per heavy atom. The molecule has 0 aliphatic carbocycles. The Morgan fingerprint density at radius 3 is 3.03 bits per heavy atom. The number of hydrogen-bond donors (Lipinski definition) is 5. The molecule has 6 N–H and O–H groups in total. The molecule has 158 valence electrons. The number of nitrogens with one attached hydrogen (secondary N) is 2. The fourth-order valence-electron chi connectivity index (χ4n) is 2.72. The van der Waals surface area contributed by atoms with Gasteiger partial charge in [0.05, 0.1) is 12.9 Å². The molecule has 1 aliphatic heterocycles. The van der Waals surface area contributed by atoms with E-state index in [-0.39, 0.29) is 30.2 Å². The van der Waals surface area contributed by atoms with E-state index in [2.05, 4.69) is 30.1 Å². The predicted molar refractivity (Wildman–Crippen MR) is 94.1 cm³/mol. The highest BCUT2D eigenvalue weighted by Gasteiger charge is 2.44. The summed E-state index contributed by atoms with van der Waals surface area (Å²) in [6.07, 6.45) is -4.26. The van der Waals surface area contributed by atoms with Crippen LogP contribution in [0, 0.1) is 0 Å². The van der Waals surface area contributed by atoms with Gasteiger partial charge in [-0.05, 0) is 5.53 Å². The van der Waals surface area contributed by atoms with Gasteiger partial charge in [-0.2, -0.15) is 4.98 Å². The Kier molecular flexibility index (Phi) is 6.16. The number of aliphatic hydroxyl groups is 2. The molecule has 1 fully saturated rings. The zero-order valence-electron chi connectivity index (χ0n) is 14.7. The van der Waals surface area contributed by atoms with Crippen LogP contribution in [0.2, 0.25) is 0 Å². The maximum absolute atomic E-state index is 11.9. The molecule has 2 aromatic rings. The normalized spacial score (nSPS) is 26.3. The zero-order valence-corrected chi connectivity index (χ0v) is 15.5. The number of nitrogens with zero attached hydrogens (tertiary/aromatic N) is 6. The largest absolute Gasteiger partial charge is 0.766 e. The zero-order chi connectivity index (χ0) is 21.2. The summed E-state index contributed by atoms with van der Waals surface area (Å²) in [5.74, 6) is -0.184. The maximum atomic E-state index is 11.9. The lowest BCUT2D eigenvalue weighted by Crippen LogP contribution is -2.35. The van der Waals surface area contributed by atoms with Gasteiger partial charge in [0, 0.05) is 18.0 Å². The van der Waals surface area contributed by atoms with Crippen LogP contribution in [0.25, 0.3) is 21.6 Å².